The summed E-state index contributed by atoms with van der Waals surface area (Å²) in [4.78, 5) is 0. The van der Waals surface area contributed by atoms with Crippen molar-refractivity contribution in [3.05, 3.63) is 0 Å². The normalized spacial score (nSPS) is 39.8. The molecule has 0 radical (unpaired) electrons. The van der Waals surface area contributed by atoms with Crippen LogP contribution in [0.25, 0.3) is 0 Å². The van der Waals surface area contributed by atoms with Gasteiger partial charge in [-0.3, -0.25) is 0 Å². The molecule has 0 nitrogen and oxygen atoms in total. The predicted octanol–water partition coefficient (Wildman–Crippen LogP) is 2.63. The molecular formula is C7H15P. The first-order valence-corrected chi connectivity index (χ1v) is 4.78. The molecule has 0 spiro atoms. The van der Waals surface area contributed by atoms with Crippen LogP contribution in [0.4, 0.5) is 0 Å². The fraction of sp³-hybridized carbons (Fsp3) is 1.00. The molecule has 0 bridgehead atoms. The minimum absolute atomic E-state index is 1.12. The van der Waals surface area contributed by atoms with E-state index in [4.69, 9.17) is 0 Å². The van der Waals surface area contributed by atoms with E-state index in [-0.39, 0.29) is 0 Å². The van der Waals surface area contributed by atoms with Gasteiger partial charge in [-0.05, 0) is 30.6 Å². The van der Waals surface area contributed by atoms with Crippen LogP contribution in [0.2, 0.25) is 0 Å². The number of hydrogen-bond acceptors (Lipinski definition) is 0. The van der Waals surface area contributed by atoms with E-state index in [1.165, 1.54) is 27.8 Å². The van der Waals surface area contributed by atoms with Gasteiger partial charge in [-0.1, -0.05) is 13.8 Å². The molecule has 1 aliphatic rings. The first-order chi connectivity index (χ1) is 3.86. The van der Waals surface area contributed by atoms with Gasteiger partial charge < -0.3 is 0 Å². The van der Waals surface area contributed by atoms with E-state index in [1.54, 1.807) is 0 Å². The number of rotatable bonds is 2. The zero-order valence-corrected chi connectivity index (χ0v) is 6.78. The van der Waals surface area contributed by atoms with Crippen molar-refractivity contribution in [2.45, 2.75) is 44.4 Å². The lowest BCUT2D eigenvalue weighted by Crippen LogP contribution is -2.22. The Labute approximate surface area is 53.8 Å². The van der Waals surface area contributed by atoms with Crippen molar-refractivity contribution >= 4 is 8.58 Å². The maximum absolute atomic E-state index is 2.31. The Morgan fingerprint density at radius 3 is 1.88 bits per heavy atom. The van der Waals surface area contributed by atoms with Gasteiger partial charge >= 0.3 is 0 Å². The molecule has 0 aromatic rings. The Balaban J connectivity index is 2.03. The number of hydrogen-bond donors (Lipinski definition) is 0. The molecule has 1 aliphatic heterocycles. The molecule has 1 heteroatoms. The molecule has 1 saturated heterocycles. The standard InChI is InChI=1S/C7H15P/c1-3-6-5-7(4-2)8-6/h6-8H,3-5H2,1-2H3. The monoisotopic (exact) mass is 130 g/mol. The van der Waals surface area contributed by atoms with Crippen LogP contribution in [0.5, 0.6) is 0 Å². The SMILES string of the molecule is CCC1CC(CC)P1. The van der Waals surface area contributed by atoms with Crippen LogP contribution in [-0.4, -0.2) is 11.3 Å². The summed E-state index contributed by atoms with van der Waals surface area (Å²) in [7, 11) is 1.30. The lowest BCUT2D eigenvalue weighted by molar-refractivity contribution is 0.618. The fourth-order valence-corrected chi connectivity index (χ4v) is 2.76. The van der Waals surface area contributed by atoms with Crippen LogP contribution < -0.4 is 0 Å². The third kappa shape index (κ3) is 1.23. The van der Waals surface area contributed by atoms with Gasteiger partial charge in [0.15, 0.2) is 0 Å². The smallest absolute Gasteiger partial charge is 0.0231 e. The maximum atomic E-state index is 2.31. The van der Waals surface area contributed by atoms with E-state index in [0.717, 1.165) is 11.3 Å². The Kier molecular flexibility index (Phi) is 2.31. The van der Waals surface area contributed by atoms with Crippen molar-refractivity contribution in [2.75, 3.05) is 0 Å². The highest BCUT2D eigenvalue weighted by Gasteiger charge is 2.24. The average molecular weight is 130 g/mol. The molecule has 0 aromatic carbocycles. The molecule has 0 aliphatic carbocycles. The summed E-state index contributed by atoms with van der Waals surface area (Å²) >= 11 is 0. The van der Waals surface area contributed by atoms with E-state index >= 15 is 0 Å². The molecule has 48 valence electrons. The van der Waals surface area contributed by atoms with Crippen LogP contribution in [0, 0.1) is 0 Å². The third-order valence-electron chi connectivity index (χ3n) is 2.03. The first kappa shape index (κ1) is 6.55. The highest BCUT2D eigenvalue weighted by Crippen LogP contribution is 2.46. The molecule has 1 rings (SSSR count). The second-order valence-corrected chi connectivity index (χ2v) is 4.58. The molecule has 0 aromatic heterocycles. The van der Waals surface area contributed by atoms with Gasteiger partial charge in [-0.15, -0.1) is 8.58 Å². The fourth-order valence-electron chi connectivity index (χ4n) is 1.22. The molecule has 0 N–H and O–H groups in total. The molecule has 0 amide bonds. The molecule has 8 heavy (non-hydrogen) atoms. The van der Waals surface area contributed by atoms with E-state index in [0.29, 0.717) is 0 Å². The average Bonchev–Trinajstić information content (AvgIpc) is 1.65. The van der Waals surface area contributed by atoms with Crippen LogP contribution in [-0.2, 0) is 0 Å². The van der Waals surface area contributed by atoms with Gasteiger partial charge in [0.2, 0.25) is 0 Å². The van der Waals surface area contributed by atoms with Gasteiger partial charge in [-0.25, -0.2) is 0 Å². The predicted molar refractivity (Wildman–Crippen MR) is 41.1 cm³/mol. The Morgan fingerprint density at radius 2 is 1.62 bits per heavy atom. The van der Waals surface area contributed by atoms with Crippen molar-refractivity contribution in [3.8, 4) is 0 Å². The van der Waals surface area contributed by atoms with Crippen LogP contribution >= 0.6 is 8.58 Å². The van der Waals surface area contributed by atoms with E-state index in [2.05, 4.69) is 13.8 Å². The van der Waals surface area contributed by atoms with Crippen LogP contribution in [0.1, 0.15) is 33.1 Å². The van der Waals surface area contributed by atoms with Crippen LogP contribution in [0.3, 0.4) is 0 Å². The molecule has 2 atom stereocenters. The lowest BCUT2D eigenvalue weighted by Gasteiger charge is -2.33. The zero-order valence-electron chi connectivity index (χ0n) is 5.78. The molecule has 1 heterocycles. The summed E-state index contributed by atoms with van der Waals surface area (Å²) in [5.41, 5.74) is 2.25. The third-order valence-corrected chi connectivity index (χ3v) is 4.26. The molecule has 0 saturated carbocycles. The molecule has 2 unspecified atom stereocenters. The van der Waals surface area contributed by atoms with E-state index in [9.17, 15) is 0 Å². The summed E-state index contributed by atoms with van der Waals surface area (Å²) in [5, 5.41) is 0. The Morgan fingerprint density at radius 1 is 1.25 bits per heavy atom. The Bertz CT molecular complexity index is 56.8. The summed E-state index contributed by atoms with van der Waals surface area (Å²) in [6.07, 6.45) is 4.38. The van der Waals surface area contributed by atoms with Crippen molar-refractivity contribution < 1.29 is 0 Å². The highest BCUT2D eigenvalue weighted by atomic mass is 31.1. The van der Waals surface area contributed by atoms with Crippen molar-refractivity contribution in [2.24, 2.45) is 0 Å². The quantitative estimate of drug-likeness (QED) is 0.504. The largest absolute Gasteiger partial charge is 0.116 e. The summed E-state index contributed by atoms with van der Waals surface area (Å²) in [6.45, 7) is 4.62. The second kappa shape index (κ2) is 2.82. The van der Waals surface area contributed by atoms with E-state index in [1.807, 2.05) is 0 Å². The summed E-state index contributed by atoms with van der Waals surface area (Å²) in [6, 6.07) is 0. The van der Waals surface area contributed by atoms with Crippen molar-refractivity contribution in [3.63, 3.8) is 0 Å². The minimum Gasteiger partial charge on any atom is -0.116 e. The van der Waals surface area contributed by atoms with Crippen molar-refractivity contribution in [1.29, 1.82) is 0 Å². The van der Waals surface area contributed by atoms with E-state index < -0.39 is 0 Å². The van der Waals surface area contributed by atoms with Gasteiger partial charge in [0, 0.05) is 0 Å². The highest BCUT2D eigenvalue weighted by molar-refractivity contribution is 7.41. The van der Waals surface area contributed by atoms with Gasteiger partial charge in [-0.2, -0.15) is 0 Å². The van der Waals surface area contributed by atoms with Crippen molar-refractivity contribution in [1.82, 2.24) is 0 Å². The minimum atomic E-state index is 1.12. The zero-order chi connectivity index (χ0) is 5.98. The topological polar surface area (TPSA) is 0 Å². The molecule has 1 fully saturated rings. The lowest BCUT2D eigenvalue weighted by atomic mass is 10.1. The van der Waals surface area contributed by atoms with Gasteiger partial charge in [0.1, 0.15) is 0 Å². The van der Waals surface area contributed by atoms with Gasteiger partial charge in [0.25, 0.3) is 0 Å². The van der Waals surface area contributed by atoms with Crippen LogP contribution in [0.15, 0.2) is 0 Å². The second-order valence-electron chi connectivity index (χ2n) is 2.61. The first-order valence-electron chi connectivity index (χ1n) is 3.62. The maximum Gasteiger partial charge on any atom is -0.0231 e. The Hall–Kier alpha value is 0.430. The summed E-state index contributed by atoms with van der Waals surface area (Å²) < 4.78 is 0. The molecular weight excluding hydrogens is 115 g/mol. The van der Waals surface area contributed by atoms with Gasteiger partial charge in [0.05, 0.1) is 0 Å². The summed E-state index contributed by atoms with van der Waals surface area (Å²) in [5.74, 6) is 0.